The lowest BCUT2D eigenvalue weighted by molar-refractivity contribution is -0.141. The minimum atomic E-state index is -4.51. The average molecular weight is 451 g/mol. The highest BCUT2D eigenvalue weighted by molar-refractivity contribution is 5.76. The van der Waals surface area contributed by atoms with E-state index in [4.69, 9.17) is 4.74 Å². The minimum absolute atomic E-state index is 0.0876. The fraction of sp³-hybridized carbons (Fsp3) is 0.650. The molecule has 9 nitrogen and oxygen atoms in total. The number of rotatable bonds is 3. The van der Waals surface area contributed by atoms with Gasteiger partial charge in [0.05, 0.1) is 18.4 Å². The van der Waals surface area contributed by atoms with Crippen molar-refractivity contribution in [3.8, 4) is 5.88 Å². The van der Waals surface area contributed by atoms with Gasteiger partial charge < -0.3 is 19.1 Å². The van der Waals surface area contributed by atoms with Crippen molar-refractivity contribution in [1.82, 2.24) is 34.5 Å². The van der Waals surface area contributed by atoms with E-state index in [0.717, 1.165) is 57.9 Å². The standard InChI is InChI=1S/C20H24F3N7O2/c21-20(22,23)16-7-25-17(8-24-16)32-15-1-4-19(5-2-15)10-29(11-19)18(31)28-6-3-14(9-28)30-12-26-27-13-30/h7-8,12-15H,1-6,9-11H2/t14-/m0/s1. The molecule has 12 heteroatoms. The number of urea groups is 1. The summed E-state index contributed by atoms with van der Waals surface area (Å²) >= 11 is 0. The number of alkyl halides is 3. The highest BCUT2D eigenvalue weighted by Crippen LogP contribution is 2.45. The number of likely N-dealkylation sites (tertiary alicyclic amines) is 2. The summed E-state index contributed by atoms with van der Waals surface area (Å²) in [4.78, 5) is 23.8. The maximum Gasteiger partial charge on any atom is 0.434 e. The third kappa shape index (κ3) is 4.09. The summed E-state index contributed by atoms with van der Waals surface area (Å²) < 4.78 is 45.5. The number of hydrogen-bond donors (Lipinski definition) is 0. The van der Waals surface area contributed by atoms with Crippen LogP contribution in [0.1, 0.15) is 43.8 Å². The van der Waals surface area contributed by atoms with Crippen LogP contribution in [0.3, 0.4) is 0 Å². The predicted molar refractivity (Wildman–Crippen MR) is 105 cm³/mol. The summed E-state index contributed by atoms with van der Waals surface area (Å²) in [5, 5.41) is 7.68. The topological polar surface area (TPSA) is 89.3 Å². The van der Waals surface area contributed by atoms with Gasteiger partial charge in [-0.15, -0.1) is 10.2 Å². The molecule has 0 unspecified atom stereocenters. The summed E-state index contributed by atoms with van der Waals surface area (Å²) in [6.07, 6.45) is 4.78. The zero-order chi connectivity index (χ0) is 22.3. The normalized spacial score (nSPS) is 23.4. The fourth-order valence-electron chi connectivity index (χ4n) is 4.99. The molecule has 2 aromatic heterocycles. The highest BCUT2D eigenvalue weighted by atomic mass is 19.4. The van der Waals surface area contributed by atoms with E-state index in [-0.39, 0.29) is 29.5 Å². The van der Waals surface area contributed by atoms with Crippen LogP contribution in [0.25, 0.3) is 0 Å². The smallest absolute Gasteiger partial charge is 0.434 e. The van der Waals surface area contributed by atoms with E-state index in [2.05, 4.69) is 20.2 Å². The quantitative estimate of drug-likeness (QED) is 0.713. The molecular weight excluding hydrogens is 427 g/mol. The lowest BCUT2D eigenvalue weighted by Crippen LogP contribution is -2.62. The molecule has 1 atom stereocenters. The number of aromatic nitrogens is 5. The van der Waals surface area contributed by atoms with Gasteiger partial charge in [0, 0.05) is 31.6 Å². The van der Waals surface area contributed by atoms with Gasteiger partial charge in [0.2, 0.25) is 5.88 Å². The molecular formula is C20H24F3N7O2. The summed E-state index contributed by atoms with van der Waals surface area (Å²) in [5.41, 5.74) is -0.910. The molecule has 2 saturated heterocycles. The summed E-state index contributed by atoms with van der Waals surface area (Å²) in [6, 6.07) is 0.315. The van der Waals surface area contributed by atoms with Gasteiger partial charge in [0.15, 0.2) is 5.69 Å². The second-order valence-corrected chi connectivity index (χ2v) is 8.99. The monoisotopic (exact) mass is 451 g/mol. The molecule has 2 amide bonds. The maximum atomic E-state index is 12.9. The van der Waals surface area contributed by atoms with Crippen molar-refractivity contribution in [1.29, 1.82) is 0 Å². The molecule has 0 N–H and O–H groups in total. The van der Waals surface area contributed by atoms with Crippen molar-refractivity contribution < 1.29 is 22.7 Å². The molecule has 172 valence electrons. The van der Waals surface area contributed by atoms with Crippen LogP contribution in [-0.2, 0) is 6.18 Å². The molecule has 3 aliphatic rings. The van der Waals surface area contributed by atoms with Gasteiger partial charge in [0.25, 0.3) is 0 Å². The molecule has 1 saturated carbocycles. The Kier molecular flexibility index (Phi) is 5.17. The molecule has 0 radical (unpaired) electrons. The zero-order valence-electron chi connectivity index (χ0n) is 17.4. The van der Waals surface area contributed by atoms with E-state index in [0.29, 0.717) is 12.7 Å². The van der Waals surface area contributed by atoms with E-state index in [9.17, 15) is 18.0 Å². The van der Waals surface area contributed by atoms with Crippen molar-refractivity contribution in [2.24, 2.45) is 5.41 Å². The van der Waals surface area contributed by atoms with Crippen LogP contribution in [0.5, 0.6) is 5.88 Å². The zero-order valence-corrected chi connectivity index (χ0v) is 17.4. The maximum absolute atomic E-state index is 12.9. The number of amides is 2. The molecule has 5 rings (SSSR count). The van der Waals surface area contributed by atoms with E-state index in [1.54, 1.807) is 12.7 Å². The molecule has 2 aliphatic heterocycles. The van der Waals surface area contributed by atoms with Gasteiger partial charge in [-0.05, 0) is 32.1 Å². The van der Waals surface area contributed by atoms with Gasteiger partial charge >= 0.3 is 12.2 Å². The molecule has 32 heavy (non-hydrogen) atoms. The van der Waals surface area contributed by atoms with Crippen LogP contribution in [0.15, 0.2) is 25.0 Å². The Balaban J connectivity index is 1.08. The number of halogens is 3. The predicted octanol–water partition coefficient (Wildman–Crippen LogP) is 2.78. The third-order valence-electron chi connectivity index (χ3n) is 6.81. The SMILES string of the molecule is O=C(N1CC[C@H](n2cnnc2)C1)N1CC2(CCC(Oc3cnc(C(F)(F)F)cn3)CC2)C1. The minimum Gasteiger partial charge on any atom is -0.473 e. The van der Waals surface area contributed by atoms with Gasteiger partial charge in [-0.25, -0.2) is 14.8 Å². The molecule has 0 bridgehead atoms. The highest BCUT2D eigenvalue weighted by Gasteiger charge is 2.48. The second kappa shape index (κ2) is 7.89. The van der Waals surface area contributed by atoms with Gasteiger partial charge in [0.1, 0.15) is 18.8 Å². The molecule has 0 aromatic carbocycles. The first-order chi connectivity index (χ1) is 15.3. The Labute approximate surface area is 182 Å². The molecule has 1 spiro atoms. The average Bonchev–Trinajstić information content (AvgIpc) is 3.44. The lowest BCUT2D eigenvalue weighted by Gasteiger charge is -2.53. The fourth-order valence-corrected chi connectivity index (χ4v) is 4.99. The molecule has 1 aliphatic carbocycles. The number of carbonyl (C=O) groups is 1. The van der Waals surface area contributed by atoms with Crippen molar-refractivity contribution >= 4 is 6.03 Å². The summed E-state index contributed by atoms with van der Waals surface area (Å²) in [6.45, 7) is 2.89. The van der Waals surface area contributed by atoms with Crippen LogP contribution in [0.2, 0.25) is 0 Å². The first-order valence-electron chi connectivity index (χ1n) is 10.8. The number of hydrogen-bond acceptors (Lipinski definition) is 6. The Morgan fingerprint density at radius 3 is 2.38 bits per heavy atom. The van der Waals surface area contributed by atoms with Crippen LogP contribution < -0.4 is 4.74 Å². The number of nitrogens with zero attached hydrogens (tertiary/aromatic N) is 7. The third-order valence-corrected chi connectivity index (χ3v) is 6.81. The van der Waals surface area contributed by atoms with E-state index < -0.39 is 11.9 Å². The van der Waals surface area contributed by atoms with E-state index in [1.165, 1.54) is 0 Å². The number of carbonyl (C=O) groups excluding carboxylic acids is 1. The van der Waals surface area contributed by atoms with Crippen molar-refractivity contribution in [3.63, 3.8) is 0 Å². The Morgan fingerprint density at radius 2 is 1.75 bits per heavy atom. The Morgan fingerprint density at radius 1 is 1.03 bits per heavy atom. The van der Waals surface area contributed by atoms with Crippen molar-refractivity contribution in [3.05, 3.63) is 30.7 Å². The summed E-state index contributed by atoms with van der Waals surface area (Å²) in [7, 11) is 0. The van der Waals surface area contributed by atoms with Gasteiger partial charge in [-0.2, -0.15) is 13.2 Å². The lowest BCUT2D eigenvalue weighted by atomic mass is 9.68. The van der Waals surface area contributed by atoms with E-state index in [1.807, 2.05) is 14.4 Å². The summed E-state index contributed by atoms with van der Waals surface area (Å²) in [5.74, 6) is 0.112. The largest absolute Gasteiger partial charge is 0.473 e. The Bertz CT molecular complexity index is 935. The number of ether oxygens (including phenoxy) is 1. The first-order valence-corrected chi connectivity index (χ1v) is 10.8. The molecule has 2 aromatic rings. The first kappa shape index (κ1) is 21.0. The van der Waals surface area contributed by atoms with Crippen LogP contribution >= 0.6 is 0 Å². The van der Waals surface area contributed by atoms with Crippen molar-refractivity contribution in [2.75, 3.05) is 26.2 Å². The van der Waals surface area contributed by atoms with Gasteiger partial charge in [-0.3, -0.25) is 0 Å². The van der Waals surface area contributed by atoms with Crippen LogP contribution in [0, 0.1) is 5.41 Å². The van der Waals surface area contributed by atoms with Crippen LogP contribution in [0.4, 0.5) is 18.0 Å². The molecule has 4 heterocycles. The Hall–Kier alpha value is -2.92. The molecule has 3 fully saturated rings. The van der Waals surface area contributed by atoms with Crippen molar-refractivity contribution in [2.45, 2.75) is 50.4 Å². The van der Waals surface area contributed by atoms with E-state index >= 15 is 0 Å². The van der Waals surface area contributed by atoms with Gasteiger partial charge in [-0.1, -0.05) is 0 Å². The second-order valence-electron chi connectivity index (χ2n) is 8.99. The van der Waals surface area contributed by atoms with Crippen LogP contribution in [-0.4, -0.2) is 72.8 Å².